The zero-order valence-electron chi connectivity index (χ0n) is 10.5. The molecule has 1 saturated heterocycles. The Hall–Kier alpha value is -1.82. The molecule has 0 spiro atoms. The molecule has 6 heteroatoms. The molecule has 19 heavy (non-hydrogen) atoms. The van der Waals surface area contributed by atoms with Gasteiger partial charge in [-0.15, -0.1) is 0 Å². The minimum Gasteiger partial charge on any atom is -0.325 e. The predicted octanol–water partition coefficient (Wildman–Crippen LogP) is 2.00. The van der Waals surface area contributed by atoms with Gasteiger partial charge in [0.25, 0.3) is 5.24 Å². The van der Waals surface area contributed by atoms with E-state index in [9.17, 15) is 14.4 Å². The molecular weight excluding hydrogens is 264 g/mol. The number of amides is 2. The summed E-state index contributed by atoms with van der Waals surface area (Å²) in [4.78, 5) is 35.7. The van der Waals surface area contributed by atoms with Crippen LogP contribution in [0.15, 0.2) is 24.3 Å². The van der Waals surface area contributed by atoms with Crippen LogP contribution in [0.4, 0.5) is 10.5 Å². The van der Waals surface area contributed by atoms with Crippen molar-refractivity contribution < 1.29 is 14.4 Å². The van der Waals surface area contributed by atoms with E-state index in [1.807, 2.05) is 0 Å². The summed E-state index contributed by atoms with van der Waals surface area (Å²) in [6.45, 7) is 2.17. The Labute approximate surface area is 115 Å². The third-order valence-corrected chi connectivity index (χ3v) is 3.65. The number of anilines is 1. The number of nitrogens with one attached hydrogen (secondary N) is 1. The Morgan fingerprint density at radius 2 is 2.00 bits per heavy atom. The first-order chi connectivity index (χ1) is 9.06. The van der Waals surface area contributed by atoms with Crippen LogP contribution in [-0.2, 0) is 4.79 Å². The lowest BCUT2D eigenvalue weighted by molar-refractivity contribution is -0.116. The second-order valence-corrected chi connectivity index (χ2v) is 5.26. The number of rotatable bonds is 4. The molecule has 1 fully saturated rings. The maximum absolute atomic E-state index is 11.8. The second kappa shape index (κ2) is 5.88. The molecule has 100 valence electrons. The Bertz CT molecular complexity index is 513. The van der Waals surface area contributed by atoms with Gasteiger partial charge in [0.05, 0.1) is 0 Å². The van der Waals surface area contributed by atoms with Gasteiger partial charge in [-0.1, -0.05) is 11.8 Å². The van der Waals surface area contributed by atoms with Crippen LogP contribution in [0.25, 0.3) is 0 Å². The molecule has 1 N–H and O–H groups in total. The molecule has 0 atom stereocenters. The second-order valence-electron chi connectivity index (χ2n) is 4.22. The minimum absolute atomic E-state index is 0.0161. The summed E-state index contributed by atoms with van der Waals surface area (Å²) in [7, 11) is 0. The lowest BCUT2D eigenvalue weighted by Crippen LogP contribution is -2.33. The lowest BCUT2D eigenvalue weighted by atomic mass is 10.1. The first-order valence-corrected chi connectivity index (χ1v) is 6.87. The number of thioether (sulfide) groups is 1. The van der Waals surface area contributed by atoms with Crippen LogP contribution in [0.5, 0.6) is 0 Å². The topological polar surface area (TPSA) is 66.5 Å². The number of hydrogen-bond acceptors (Lipinski definition) is 4. The molecule has 1 heterocycles. The molecule has 1 aromatic rings. The molecule has 0 aromatic heterocycles. The van der Waals surface area contributed by atoms with Gasteiger partial charge in [0, 0.05) is 23.5 Å². The van der Waals surface area contributed by atoms with E-state index in [2.05, 4.69) is 5.32 Å². The standard InChI is InChI=1S/C13H14N2O3S/c1-9(16)10-2-4-11(5-3-10)14-12(17)8-15-6-7-19-13(15)18/h2-5H,6-8H2,1H3,(H,14,17). The summed E-state index contributed by atoms with van der Waals surface area (Å²) in [5.41, 5.74) is 1.22. The fraction of sp³-hybridized carbons (Fsp3) is 0.308. The maximum atomic E-state index is 11.8. The Morgan fingerprint density at radius 3 is 2.53 bits per heavy atom. The average molecular weight is 278 g/mol. The number of Topliss-reactive ketones (excluding diaryl/α,β-unsaturated/α-hetero) is 1. The Morgan fingerprint density at radius 1 is 1.32 bits per heavy atom. The fourth-order valence-corrected chi connectivity index (χ4v) is 2.56. The van der Waals surface area contributed by atoms with E-state index in [0.29, 0.717) is 17.8 Å². The van der Waals surface area contributed by atoms with Crippen molar-refractivity contribution in [3.8, 4) is 0 Å². The van der Waals surface area contributed by atoms with Crippen LogP contribution in [0.1, 0.15) is 17.3 Å². The highest BCUT2D eigenvalue weighted by atomic mass is 32.2. The zero-order chi connectivity index (χ0) is 13.8. The molecule has 2 rings (SSSR count). The van der Waals surface area contributed by atoms with Gasteiger partial charge in [0.1, 0.15) is 6.54 Å². The minimum atomic E-state index is -0.230. The highest BCUT2D eigenvalue weighted by Gasteiger charge is 2.23. The normalized spacial score (nSPS) is 14.6. The van der Waals surface area contributed by atoms with Gasteiger partial charge < -0.3 is 10.2 Å². The molecule has 1 aliphatic heterocycles. The molecule has 0 saturated carbocycles. The van der Waals surface area contributed by atoms with Crippen LogP contribution in [-0.4, -0.2) is 40.7 Å². The molecule has 0 aliphatic carbocycles. The van der Waals surface area contributed by atoms with E-state index < -0.39 is 0 Å². The van der Waals surface area contributed by atoms with Crippen LogP contribution < -0.4 is 5.32 Å². The van der Waals surface area contributed by atoms with E-state index in [1.165, 1.54) is 23.6 Å². The van der Waals surface area contributed by atoms with Gasteiger partial charge >= 0.3 is 0 Å². The fourth-order valence-electron chi connectivity index (χ4n) is 1.73. The van der Waals surface area contributed by atoms with Gasteiger partial charge in [-0.25, -0.2) is 0 Å². The Kier molecular flexibility index (Phi) is 4.21. The molecule has 1 aliphatic rings. The molecule has 2 amide bonds. The first kappa shape index (κ1) is 13.6. The summed E-state index contributed by atoms with van der Waals surface area (Å²) in [5, 5.41) is 2.65. The van der Waals surface area contributed by atoms with Crippen molar-refractivity contribution in [3.63, 3.8) is 0 Å². The van der Waals surface area contributed by atoms with Gasteiger partial charge in [0.2, 0.25) is 5.91 Å². The van der Waals surface area contributed by atoms with E-state index in [0.717, 1.165) is 5.75 Å². The molecule has 5 nitrogen and oxygen atoms in total. The van der Waals surface area contributed by atoms with E-state index >= 15 is 0 Å². The Balaban J connectivity index is 1.91. The smallest absolute Gasteiger partial charge is 0.282 e. The van der Waals surface area contributed by atoms with E-state index in [1.54, 1.807) is 24.3 Å². The zero-order valence-corrected chi connectivity index (χ0v) is 11.3. The van der Waals surface area contributed by atoms with Gasteiger partial charge in [0.15, 0.2) is 5.78 Å². The van der Waals surface area contributed by atoms with Gasteiger partial charge in [-0.3, -0.25) is 14.4 Å². The number of carbonyl (C=O) groups is 3. The van der Waals surface area contributed by atoms with Gasteiger partial charge in [-0.2, -0.15) is 0 Å². The van der Waals surface area contributed by atoms with Crippen LogP contribution in [0.2, 0.25) is 0 Å². The third-order valence-electron chi connectivity index (χ3n) is 2.75. The quantitative estimate of drug-likeness (QED) is 0.855. The summed E-state index contributed by atoms with van der Waals surface area (Å²) in [5.74, 6) is 0.489. The number of carbonyl (C=O) groups excluding carboxylic acids is 3. The van der Waals surface area contributed by atoms with Crippen molar-refractivity contribution in [1.82, 2.24) is 4.90 Å². The number of hydrogen-bond donors (Lipinski definition) is 1. The van der Waals surface area contributed by atoms with E-state index in [-0.39, 0.29) is 23.5 Å². The SMILES string of the molecule is CC(=O)c1ccc(NC(=O)CN2CCSC2=O)cc1. The van der Waals surface area contributed by atoms with Crippen molar-refractivity contribution in [2.75, 3.05) is 24.2 Å². The summed E-state index contributed by atoms with van der Waals surface area (Å²) in [6.07, 6.45) is 0. The molecule has 0 radical (unpaired) electrons. The number of nitrogens with zero attached hydrogens (tertiary/aromatic N) is 1. The molecule has 1 aromatic carbocycles. The summed E-state index contributed by atoms with van der Waals surface area (Å²) >= 11 is 1.23. The molecule has 0 bridgehead atoms. The van der Waals surface area contributed by atoms with Crippen LogP contribution >= 0.6 is 11.8 Å². The first-order valence-electron chi connectivity index (χ1n) is 5.89. The van der Waals surface area contributed by atoms with Gasteiger partial charge in [-0.05, 0) is 31.2 Å². The third kappa shape index (κ3) is 3.57. The van der Waals surface area contributed by atoms with Crippen molar-refractivity contribution >= 4 is 34.4 Å². The largest absolute Gasteiger partial charge is 0.325 e. The van der Waals surface area contributed by atoms with Crippen LogP contribution in [0, 0.1) is 0 Å². The summed E-state index contributed by atoms with van der Waals surface area (Å²) < 4.78 is 0. The van der Waals surface area contributed by atoms with Crippen molar-refractivity contribution in [1.29, 1.82) is 0 Å². The monoisotopic (exact) mass is 278 g/mol. The number of ketones is 1. The number of benzene rings is 1. The lowest BCUT2D eigenvalue weighted by Gasteiger charge is -2.14. The highest BCUT2D eigenvalue weighted by molar-refractivity contribution is 8.13. The highest BCUT2D eigenvalue weighted by Crippen LogP contribution is 2.17. The van der Waals surface area contributed by atoms with Crippen LogP contribution in [0.3, 0.4) is 0 Å². The van der Waals surface area contributed by atoms with Crippen molar-refractivity contribution in [2.45, 2.75) is 6.92 Å². The maximum Gasteiger partial charge on any atom is 0.282 e. The van der Waals surface area contributed by atoms with Crippen molar-refractivity contribution in [2.24, 2.45) is 0 Å². The van der Waals surface area contributed by atoms with E-state index in [4.69, 9.17) is 0 Å². The van der Waals surface area contributed by atoms with Crippen molar-refractivity contribution in [3.05, 3.63) is 29.8 Å². The summed E-state index contributed by atoms with van der Waals surface area (Å²) in [6, 6.07) is 6.67. The molecule has 0 unspecified atom stereocenters. The average Bonchev–Trinajstić information content (AvgIpc) is 2.75. The molecular formula is C13H14N2O3S. The predicted molar refractivity (Wildman–Crippen MR) is 74.5 cm³/mol.